The molecular weight excluding hydrogens is 224 g/mol. The summed E-state index contributed by atoms with van der Waals surface area (Å²) in [6.45, 7) is 10.3. The van der Waals surface area contributed by atoms with Gasteiger partial charge in [0.1, 0.15) is 0 Å². The van der Waals surface area contributed by atoms with Crippen molar-refractivity contribution >= 4 is 5.84 Å². The molecule has 100 valence electrons. The molecule has 0 aliphatic rings. The highest BCUT2D eigenvalue weighted by Crippen LogP contribution is 2.35. The van der Waals surface area contributed by atoms with Crippen LogP contribution in [0.15, 0.2) is 35.3 Å². The lowest BCUT2D eigenvalue weighted by Gasteiger charge is -2.45. The van der Waals surface area contributed by atoms with Gasteiger partial charge >= 0.3 is 0 Å². The molecule has 0 atom stereocenters. The smallest absolute Gasteiger partial charge is 0.155 e. The standard InChI is InChI=1S/C15H24N2O/c1-14(2,3)15(4,5)17(18)13(16-6)12-10-8-7-9-11-12/h7-11,18H,1-6H3. The molecule has 0 radical (unpaired) electrons. The fourth-order valence-electron chi connectivity index (χ4n) is 1.52. The van der Waals surface area contributed by atoms with Crippen molar-refractivity contribution in [2.24, 2.45) is 10.4 Å². The summed E-state index contributed by atoms with van der Waals surface area (Å²) in [5.41, 5.74) is 0.421. The third-order valence-corrected chi connectivity index (χ3v) is 3.81. The van der Waals surface area contributed by atoms with Gasteiger partial charge in [0.25, 0.3) is 0 Å². The summed E-state index contributed by atoms with van der Waals surface area (Å²) in [5.74, 6) is 0.593. The van der Waals surface area contributed by atoms with Crippen LogP contribution >= 0.6 is 0 Å². The molecular formula is C15H24N2O. The van der Waals surface area contributed by atoms with E-state index in [4.69, 9.17) is 0 Å². The number of aliphatic imine (C=N–C) groups is 1. The summed E-state index contributed by atoms with van der Waals surface area (Å²) >= 11 is 0. The third-order valence-electron chi connectivity index (χ3n) is 3.81. The number of hydrogen-bond donors (Lipinski definition) is 1. The topological polar surface area (TPSA) is 35.8 Å². The Morgan fingerprint density at radius 3 is 1.94 bits per heavy atom. The van der Waals surface area contributed by atoms with Crippen LogP contribution < -0.4 is 0 Å². The molecule has 0 heterocycles. The third kappa shape index (κ3) is 2.72. The van der Waals surface area contributed by atoms with Crippen LogP contribution in [0.4, 0.5) is 0 Å². The highest BCUT2D eigenvalue weighted by atomic mass is 16.5. The first kappa shape index (κ1) is 14.7. The first-order valence-corrected chi connectivity index (χ1v) is 6.23. The number of amidine groups is 1. The Bertz CT molecular complexity index is 416. The van der Waals surface area contributed by atoms with Gasteiger partial charge in [0.2, 0.25) is 0 Å². The second kappa shape index (κ2) is 5.11. The molecule has 0 saturated carbocycles. The zero-order valence-corrected chi connectivity index (χ0v) is 12.2. The maximum absolute atomic E-state index is 10.5. The Morgan fingerprint density at radius 1 is 1.06 bits per heavy atom. The van der Waals surface area contributed by atoms with E-state index in [1.165, 1.54) is 5.06 Å². The van der Waals surface area contributed by atoms with E-state index in [0.29, 0.717) is 5.84 Å². The lowest BCUT2D eigenvalue weighted by molar-refractivity contribution is -0.133. The number of benzene rings is 1. The number of rotatable bonds is 2. The first-order chi connectivity index (χ1) is 8.21. The monoisotopic (exact) mass is 248 g/mol. The second-order valence-corrected chi connectivity index (χ2v) is 6.03. The van der Waals surface area contributed by atoms with E-state index in [9.17, 15) is 5.21 Å². The van der Waals surface area contributed by atoms with Crippen molar-refractivity contribution in [2.75, 3.05) is 7.05 Å². The number of hydroxylamine groups is 2. The Labute approximate surface area is 110 Å². The van der Waals surface area contributed by atoms with Crippen molar-refractivity contribution in [3.05, 3.63) is 35.9 Å². The van der Waals surface area contributed by atoms with Crippen molar-refractivity contribution in [3.63, 3.8) is 0 Å². The van der Waals surface area contributed by atoms with Crippen LogP contribution in [-0.4, -0.2) is 28.7 Å². The van der Waals surface area contributed by atoms with Gasteiger partial charge in [-0.25, -0.2) is 5.06 Å². The molecule has 3 nitrogen and oxygen atoms in total. The van der Waals surface area contributed by atoms with Crippen LogP contribution in [-0.2, 0) is 0 Å². The summed E-state index contributed by atoms with van der Waals surface area (Å²) < 4.78 is 0. The van der Waals surface area contributed by atoms with Crippen LogP contribution in [0.1, 0.15) is 40.2 Å². The summed E-state index contributed by atoms with van der Waals surface area (Å²) in [6.07, 6.45) is 0. The zero-order chi connectivity index (χ0) is 14.0. The predicted octanol–water partition coefficient (Wildman–Crippen LogP) is 3.58. The van der Waals surface area contributed by atoms with Gasteiger partial charge in [0, 0.05) is 12.6 Å². The van der Waals surface area contributed by atoms with E-state index >= 15 is 0 Å². The minimum absolute atomic E-state index is 0.0769. The largest absolute Gasteiger partial charge is 0.286 e. The Balaban J connectivity index is 3.13. The minimum Gasteiger partial charge on any atom is -0.286 e. The van der Waals surface area contributed by atoms with E-state index < -0.39 is 5.54 Å². The van der Waals surface area contributed by atoms with Gasteiger partial charge in [-0.3, -0.25) is 10.2 Å². The zero-order valence-electron chi connectivity index (χ0n) is 12.2. The molecule has 0 unspecified atom stereocenters. The lowest BCUT2D eigenvalue weighted by atomic mass is 9.76. The van der Waals surface area contributed by atoms with Crippen LogP contribution in [0.25, 0.3) is 0 Å². The molecule has 0 amide bonds. The van der Waals surface area contributed by atoms with Crippen LogP contribution in [0, 0.1) is 5.41 Å². The van der Waals surface area contributed by atoms with Crippen LogP contribution in [0.5, 0.6) is 0 Å². The minimum atomic E-state index is -0.419. The van der Waals surface area contributed by atoms with E-state index in [-0.39, 0.29) is 5.41 Å². The Hall–Kier alpha value is -1.35. The molecule has 0 aliphatic heterocycles. The normalized spacial score (nSPS) is 13.6. The Kier molecular flexibility index (Phi) is 4.17. The van der Waals surface area contributed by atoms with Gasteiger partial charge in [-0.2, -0.15) is 0 Å². The summed E-state index contributed by atoms with van der Waals surface area (Å²) in [7, 11) is 1.70. The van der Waals surface area contributed by atoms with Gasteiger partial charge < -0.3 is 0 Å². The van der Waals surface area contributed by atoms with Gasteiger partial charge in [-0.1, -0.05) is 51.1 Å². The molecule has 0 aliphatic carbocycles. The molecule has 1 aromatic rings. The van der Waals surface area contributed by atoms with Crippen molar-refractivity contribution in [1.29, 1.82) is 0 Å². The lowest BCUT2D eigenvalue weighted by Crippen LogP contribution is -2.54. The molecule has 0 spiro atoms. The first-order valence-electron chi connectivity index (χ1n) is 6.23. The predicted molar refractivity (Wildman–Crippen MR) is 76.1 cm³/mol. The molecule has 1 rings (SSSR count). The maximum atomic E-state index is 10.5. The molecule has 1 N–H and O–H groups in total. The Morgan fingerprint density at radius 2 is 1.56 bits per heavy atom. The summed E-state index contributed by atoms with van der Waals surface area (Å²) in [5, 5.41) is 11.8. The molecule has 1 aromatic carbocycles. The average Bonchev–Trinajstić information content (AvgIpc) is 2.29. The van der Waals surface area contributed by atoms with Crippen LogP contribution in [0.3, 0.4) is 0 Å². The average molecular weight is 248 g/mol. The van der Waals surface area contributed by atoms with Crippen molar-refractivity contribution in [2.45, 2.75) is 40.2 Å². The van der Waals surface area contributed by atoms with Crippen molar-refractivity contribution in [1.82, 2.24) is 5.06 Å². The van der Waals surface area contributed by atoms with Gasteiger partial charge in [0.15, 0.2) is 5.84 Å². The number of nitrogens with zero attached hydrogens (tertiary/aromatic N) is 2. The van der Waals surface area contributed by atoms with Crippen molar-refractivity contribution < 1.29 is 5.21 Å². The SMILES string of the molecule is CN=C(c1ccccc1)N(O)C(C)(C)C(C)(C)C. The fourth-order valence-corrected chi connectivity index (χ4v) is 1.52. The fraction of sp³-hybridized carbons (Fsp3) is 0.533. The molecule has 18 heavy (non-hydrogen) atoms. The highest BCUT2D eigenvalue weighted by Gasteiger charge is 2.40. The molecule has 0 bridgehead atoms. The second-order valence-electron chi connectivity index (χ2n) is 6.03. The molecule has 0 aromatic heterocycles. The van der Waals surface area contributed by atoms with E-state index in [0.717, 1.165) is 5.56 Å². The van der Waals surface area contributed by atoms with Gasteiger partial charge in [-0.05, 0) is 19.3 Å². The van der Waals surface area contributed by atoms with Gasteiger partial charge in [-0.15, -0.1) is 0 Å². The molecule has 0 fully saturated rings. The maximum Gasteiger partial charge on any atom is 0.155 e. The highest BCUT2D eigenvalue weighted by molar-refractivity contribution is 5.98. The summed E-state index contributed by atoms with van der Waals surface area (Å²) in [4.78, 5) is 4.23. The van der Waals surface area contributed by atoms with Crippen molar-refractivity contribution in [3.8, 4) is 0 Å². The van der Waals surface area contributed by atoms with Gasteiger partial charge in [0.05, 0.1) is 5.54 Å². The van der Waals surface area contributed by atoms with E-state index in [1.807, 2.05) is 44.2 Å². The molecule has 0 saturated heterocycles. The van der Waals surface area contributed by atoms with E-state index in [1.54, 1.807) is 7.05 Å². The number of hydrogen-bond acceptors (Lipinski definition) is 2. The summed E-state index contributed by atoms with van der Waals surface area (Å²) in [6, 6.07) is 9.73. The van der Waals surface area contributed by atoms with Crippen LogP contribution in [0.2, 0.25) is 0 Å². The quantitative estimate of drug-likeness (QED) is 0.493. The van der Waals surface area contributed by atoms with E-state index in [2.05, 4.69) is 25.8 Å². The molecule has 3 heteroatoms.